The van der Waals surface area contributed by atoms with Gasteiger partial charge in [-0.05, 0) is 50.1 Å². The zero-order valence-corrected chi connectivity index (χ0v) is 19.4. The Balaban J connectivity index is 1.42. The van der Waals surface area contributed by atoms with Crippen molar-refractivity contribution in [2.24, 2.45) is 0 Å². The Kier molecular flexibility index (Phi) is 5.90. The molecule has 7 nitrogen and oxygen atoms in total. The quantitative estimate of drug-likeness (QED) is 0.702. The van der Waals surface area contributed by atoms with Crippen LogP contribution < -0.4 is 15.4 Å². The fraction of sp³-hybridized carbons (Fsp3) is 0.375. The van der Waals surface area contributed by atoms with Crippen molar-refractivity contribution >= 4 is 29.5 Å². The molecule has 1 saturated heterocycles. The first-order chi connectivity index (χ1) is 15.2. The number of nitrogens with one attached hydrogen (secondary N) is 2. The summed E-state index contributed by atoms with van der Waals surface area (Å²) in [5.41, 5.74) is 2.48. The average molecular weight is 454 g/mol. The molecule has 0 saturated carbocycles. The van der Waals surface area contributed by atoms with Gasteiger partial charge in [-0.3, -0.25) is 14.4 Å². The van der Waals surface area contributed by atoms with Crippen molar-refractivity contribution in [3.63, 3.8) is 0 Å². The smallest absolute Gasteiger partial charge is 0.256 e. The van der Waals surface area contributed by atoms with Gasteiger partial charge in [0.2, 0.25) is 11.8 Å². The minimum atomic E-state index is -0.743. The summed E-state index contributed by atoms with van der Waals surface area (Å²) < 4.78 is 4.71. The number of rotatable bonds is 6. The lowest BCUT2D eigenvalue weighted by atomic mass is 10.0. The number of amides is 3. The lowest BCUT2D eigenvalue weighted by Crippen LogP contribution is -2.56. The Morgan fingerprint density at radius 1 is 1.19 bits per heavy atom. The zero-order valence-electron chi connectivity index (χ0n) is 18.5. The van der Waals surface area contributed by atoms with E-state index in [4.69, 9.17) is 4.74 Å². The molecule has 2 aliphatic rings. The fourth-order valence-electron chi connectivity index (χ4n) is 4.29. The normalized spacial score (nSPS) is 21.5. The molecule has 0 bridgehead atoms. The molecule has 0 radical (unpaired) electrons. The number of carbonyl (C=O) groups excluding carboxylic acids is 3. The van der Waals surface area contributed by atoms with Gasteiger partial charge in [-0.2, -0.15) is 0 Å². The number of methoxy groups -OCH3 is 1. The van der Waals surface area contributed by atoms with Crippen LogP contribution in [0.1, 0.15) is 47.6 Å². The van der Waals surface area contributed by atoms with Crippen LogP contribution in [-0.2, 0) is 16.1 Å². The molecule has 2 heterocycles. The van der Waals surface area contributed by atoms with E-state index >= 15 is 0 Å². The molecule has 0 aliphatic carbocycles. The molecule has 0 aromatic heterocycles. The summed E-state index contributed by atoms with van der Waals surface area (Å²) in [5.74, 6) is -0.0451. The Morgan fingerprint density at radius 2 is 1.94 bits per heavy atom. The summed E-state index contributed by atoms with van der Waals surface area (Å²) in [7, 11) is 1.59. The molecule has 0 spiro atoms. The van der Waals surface area contributed by atoms with Gasteiger partial charge in [0.1, 0.15) is 23.2 Å². The highest BCUT2D eigenvalue weighted by atomic mass is 32.2. The highest BCUT2D eigenvalue weighted by Crippen LogP contribution is 2.56. The third-order valence-electron chi connectivity index (χ3n) is 5.90. The van der Waals surface area contributed by atoms with Crippen LogP contribution in [0.25, 0.3) is 0 Å². The SMILES string of the molecule is COc1cccc(CNC(=O)[C@H](C)NC(=O)[C@H]2N3C(=O)c4ccccc4C3SC2(C)C)c1. The monoisotopic (exact) mass is 453 g/mol. The highest BCUT2D eigenvalue weighted by Gasteiger charge is 2.57. The number of nitrogens with zero attached hydrogens (tertiary/aromatic N) is 1. The molecular weight excluding hydrogens is 426 g/mol. The van der Waals surface area contributed by atoms with Crippen molar-refractivity contribution in [1.29, 1.82) is 0 Å². The molecule has 2 aliphatic heterocycles. The Hall–Kier alpha value is -3.00. The molecule has 8 heteroatoms. The molecule has 32 heavy (non-hydrogen) atoms. The van der Waals surface area contributed by atoms with Crippen LogP contribution in [0.15, 0.2) is 48.5 Å². The number of carbonyl (C=O) groups is 3. The Morgan fingerprint density at radius 3 is 2.69 bits per heavy atom. The van der Waals surface area contributed by atoms with Gasteiger partial charge in [0.25, 0.3) is 5.91 Å². The summed E-state index contributed by atoms with van der Waals surface area (Å²) in [6.45, 7) is 5.89. The first-order valence-electron chi connectivity index (χ1n) is 10.5. The second-order valence-electron chi connectivity index (χ2n) is 8.58. The third kappa shape index (κ3) is 3.95. The van der Waals surface area contributed by atoms with E-state index in [1.54, 1.807) is 36.8 Å². The molecule has 1 unspecified atom stereocenters. The molecular formula is C24H27N3O4S. The molecule has 3 amide bonds. The second kappa shape index (κ2) is 8.50. The predicted molar refractivity (Wildman–Crippen MR) is 123 cm³/mol. The standard InChI is InChI=1S/C24H27N3O4S/c1-14(20(28)25-13-15-8-7-9-16(12-15)31-4)26-21(29)19-24(2,3)32-23-18-11-6-5-10-17(18)22(30)27(19)23/h5-12,14,19,23H,13H2,1-4H3,(H,25,28)(H,26,29)/t14-,19+,23?/m0/s1. The number of hydrogen-bond donors (Lipinski definition) is 2. The van der Waals surface area contributed by atoms with Crippen molar-refractivity contribution in [2.75, 3.05) is 7.11 Å². The van der Waals surface area contributed by atoms with Gasteiger partial charge in [0, 0.05) is 16.9 Å². The Labute approximate surface area is 191 Å². The predicted octanol–water partition coefficient (Wildman–Crippen LogP) is 2.86. The van der Waals surface area contributed by atoms with E-state index in [0.717, 1.165) is 11.1 Å². The van der Waals surface area contributed by atoms with Crippen molar-refractivity contribution in [2.45, 2.75) is 49.5 Å². The lowest BCUT2D eigenvalue weighted by molar-refractivity contribution is -0.131. The van der Waals surface area contributed by atoms with Crippen LogP contribution in [0.4, 0.5) is 0 Å². The summed E-state index contributed by atoms with van der Waals surface area (Å²) in [5, 5.41) is 5.46. The fourth-order valence-corrected chi connectivity index (χ4v) is 5.88. The molecule has 2 N–H and O–H groups in total. The first-order valence-corrected chi connectivity index (χ1v) is 11.4. The third-order valence-corrected chi connectivity index (χ3v) is 7.43. The largest absolute Gasteiger partial charge is 0.497 e. The average Bonchev–Trinajstić information content (AvgIpc) is 3.21. The number of ether oxygens (including phenoxy) is 1. The lowest BCUT2D eigenvalue weighted by Gasteiger charge is -2.30. The highest BCUT2D eigenvalue weighted by molar-refractivity contribution is 8.01. The van der Waals surface area contributed by atoms with E-state index in [1.165, 1.54) is 0 Å². The van der Waals surface area contributed by atoms with Gasteiger partial charge >= 0.3 is 0 Å². The van der Waals surface area contributed by atoms with Crippen molar-refractivity contribution < 1.29 is 19.1 Å². The van der Waals surface area contributed by atoms with Crippen LogP contribution >= 0.6 is 11.8 Å². The topological polar surface area (TPSA) is 87.7 Å². The zero-order chi connectivity index (χ0) is 23.0. The van der Waals surface area contributed by atoms with Gasteiger partial charge in [-0.1, -0.05) is 30.3 Å². The van der Waals surface area contributed by atoms with Crippen LogP contribution in [-0.4, -0.2) is 46.6 Å². The summed E-state index contributed by atoms with van der Waals surface area (Å²) >= 11 is 1.60. The number of benzene rings is 2. The molecule has 168 valence electrons. The van der Waals surface area contributed by atoms with E-state index in [1.807, 2.05) is 56.3 Å². The van der Waals surface area contributed by atoms with Crippen LogP contribution in [0.2, 0.25) is 0 Å². The number of hydrogen-bond acceptors (Lipinski definition) is 5. The number of fused-ring (bicyclic) bond motifs is 3. The summed E-state index contributed by atoms with van der Waals surface area (Å²) in [6, 6.07) is 13.5. The van der Waals surface area contributed by atoms with Gasteiger partial charge in [-0.15, -0.1) is 11.8 Å². The van der Waals surface area contributed by atoms with Crippen LogP contribution in [0.5, 0.6) is 5.75 Å². The maximum atomic E-state index is 13.3. The van der Waals surface area contributed by atoms with Crippen LogP contribution in [0, 0.1) is 0 Å². The molecule has 4 rings (SSSR count). The van der Waals surface area contributed by atoms with Gasteiger partial charge in [0.05, 0.1) is 7.11 Å². The minimum Gasteiger partial charge on any atom is -0.497 e. The molecule has 3 atom stereocenters. The molecule has 1 fully saturated rings. The molecule has 2 aromatic rings. The van der Waals surface area contributed by atoms with Gasteiger partial charge < -0.3 is 20.3 Å². The first kappa shape index (κ1) is 22.2. The Bertz CT molecular complexity index is 1070. The van der Waals surface area contributed by atoms with E-state index in [-0.39, 0.29) is 23.1 Å². The summed E-state index contributed by atoms with van der Waals surface area (Å²) in [4.78, 5) is 40.6. The van der Waals surface area contributed by atoms with Gasteiger partial charge in [-0.25, -0.2) is 0 Å². The second-order valence-corrected chi connectivity index (χ2v) is 10.3. The molecule has 2 aromatic carbocycles. The van der Waals surface area contributed by atoms with E-state index < -0.39 is 16.8 Å². The van der Waals surface area contributed by atoms with E-state index in [0.29, 0.717) is 17.9 Å². The van der Waals surface area contributed by atoms with Crippen molar-refractivity contribution in [1.82, 2.24) is 15.5 Å². The summed E-state index contributed by atoms with van der Waals surface area (Å²) in [6.07, 6.45) is 0. The number of thioether (sulfide) groups is 1. The van der Waals surface area contributed by atoms with Crippen LogP contribution in [0.3, 0.4) is 0 Å². The minimum absolute atomic E-state index is 0.140. The van der Waals surface area contributed by atoms with Crippen molar-refractivity contribution in [3.8, 4) is 5.75 Å². The maximum absolute atomic E-state index is 13.3. The van der Waals surface area contributed by atoms with Crippen molar-refractivity contribution in [3.05, 3.63) is 65.2 Å². The van der Waals surface area contributed by atoms with Gasteiger partial charge in [0.15, 0.2) is 0 Å². The van der Waals surface area contributed by atoms with E-state index in [9.17, 15) is 14.4 Å². The maximum Gasteiger partial charge on any atom is 0.256 e. The van der Waals surface area contributed by atoms with E-state index in [2.05, 4.69) is 10.6 Å².